The van der Waals surface area contributed by atoms with Gasteiger partial charge in [-0.05, 0) is 90.4 Å². The van der Waals surface area contributed by atoms with E-state index in [4.69, 9.17) is 20.7 Å². The molecule has 252 valence electrons. The lowest BCUT2D eigenvalue weighted by Crippen LogP contribution is -2.18. The molecular weight excluding hydrogens is 679 g/mol. The van der Waals surface area contributed by atoms with Crippen LogP contribution in [0.4, 0.5) is 11.4 Å². The average Bonchev–Trinajstić information content (AvgIpc) is 3.81. The summed E-state index contributed by atoms with van der Waals surface area (Å²) in [6.07, 6.45) is 10.5. The fourth-order valence-electron chi connectivity index (χ4n) is 4.97. The average molecular weight is 710 g/mol. The van der Waals surface area contributed by atoms with Gasteiger partial charge in [-0.1, -0.05) is 50.5 Å². The van der Waals surface area contributed by atoms with Crippen LogP contribution in [0, 0.1) is 45.3 Å². The van der Waals surface area contributed by atoms with E-state index in [0.29, 0.717) is 30.7 Å². The Hall–Kier alpha value is -6.50. The molecule has 0 aliphatic rings. The predicted octanol–water partition coefficient (Wildman–Crippen LogP) is 9.64. The third kappa shape index (κ3) is 10.2. The predicted molar refractivity (Wildman–Crippen MR) is 202 cm³/mol. The number of thiophene rings is 2. The van der Waals surface area contributed by atoms with Crippen molar-refractivity contribution in [3.05, 3.63) is 115 Å². The summed E-state index contributed by atoms with van der Waals surface area (Å²) in [7, 11) is 0. The first-order valence-electron chi connectivity index (χ1n) is 15.8. The zero-order chi connectivity index (χ0) is 36.8. The second kappa shape index (κ2) is 18.3. The van der Waals surface area contributed by atoms with Crippen LogP contribution in [0.15, 0.2) is 83.9 Å². The largest absolute Gasteiger partial charge is 0.477 e. The van der Waals surface area contributed by atoms with Crippen molar-refractivity contribution in [2.45, 2.75) is 32.6 Å². The van der Waals surface area contributed by atoms with Crippen LogP contribution >= 0.6 is 22.7 Å². The molecule has 51 heavy (non-hydrogen) atoms. The topological polar surface area (TPSA) is 173 Å². The molecule has 2 aromatic carbocycles. The molecule has 0 radical (unpaired) electrons. The zero-order valence-corrected chi connectivity index (χ0v) is 29.2. The number of carboxylic acids is 2. The Morgan fingerprint density at radius 1 is 0.608 bits per heavy atom. The second-order valence-corrected chi connectivity index (χ2v) is 13.3. The molecule has 0 atom stereocenters. The molecule has 2 aromatic heterocycles. The van der Waals surface area contributed by atoms with E-state index < -0.39 is 11.9 Å². The number of nitriles is 4. The van der Waals surface area contributed by atoms with Crippen LogP contribution < -0.4 is 4.90 Å². The molecule has 0 aliphatic heterocycles. The van der Waals surface area contributed by atoms with Crippen molar-refractivity contribution in [2.24, 2.45) is 0 Å². The molecular formula is C40H31N5O4S2. The van der Waals surface area contributed by atoms with Crippen molar-refractivity contribution >= 4 is 81.4 Å². The van der Waals surface area contributed by atoms with Crippen LogP contribution in [-0.4, -0.2) is 28.7 Å². The Morgan fingerprint density at radius 2 is 1.04 bits per heavy atom. The van der Waals surface area contributed by atoms with Gasteiger partial charge in [0, 0.05) is 37.4 Å². The Bertz CT molecular complexity index is 2040. The lowest BCUT2D eigenvalue weighted by Gasteiger charge is -2.25. The third-order valence-electron chi connectivity index (χ3n) is 7.57. The highest BCUT2D eigenvalue weighted by Crippen LogP contribution is 2.32. The molecule has 0 unspecified atom stereocenters. The maximum atomic E-state index is 11.2. The Kier molecular flexibility index (Phi) is 13.4. The summed E-state index contributed by atoms with van der Waals surface area (Å²) in [5.74, 6) is -2.61. The number of hydrogen-bond acceptors (Lipinski definition) is 9. The van der Waals surface area contributed by atoms with Gasteiger partial charge in [0.2, 0.25) is 0 Å². The maximum absolute atomic E-state index is 11.2. The van der Waals surface area contributed by atoms with Crippen molar-refractivity contribution in [1.82, 2.24) is 0 Å². The Labute approximate surface area is 304 Å². The molecule has 0 amide bonds. The normalized spacial score (nSPS) is 11.9. The molecule has 2 N–H and O–H groups in total. The molecule has 4 rings (SSSR count). The van der Waals surface area contributed by atoms with Gasteiger partial charge in [0.05, 0.1) is 11.1 Å². The van der Waals surface area contributed by atoms with Crippen molar-refractivity contribution in [1.29, 1.82) is 21.0 Å². The van der Waals surface area contributed by atoms with Gasteiger partial charge in [0.1, 0.15) is 35.4 Å². The first kappa shape index (κ1) is 37.3. The van der Waals surface area contributed by atoms with Crippen LogP contribution in [0.1, 0.15) is 63.2 Å². The first-order chi connectivity index (χ1) is 24.7. The monoisotopic (exact) mass is 709 g/mol. The van der Waals surface area contributed by atoms with E-state index >= 15 is 0 Å². The molecule has 0 saturated heterocycles. The summed E-state index contributed by atoms with van der Waals surface area (Å²) in [6.45, 7) is 2.96. The number of carboxylic acid groups (broad SMARTS) is 2. The van der Waals surface area contributed by atoms with E-state index in [1.54, 1.807) is 48.6 Å². The van der Waals surface area contributed by atoms with Gasteiger partial charge >= 0.3 is 11.9 Å². The van der Waals surface area contributed by atoms with E-state index in [1.165, 1.54) is 34.8 Å². The lowest BCUT2D eigenvalue weighted by molar-refractivity contribution is -0.133. The molecule has 0 aliphatic carbocycles. The van der Waals surface area contributed by atoms with Crippen LogP contribution in [0.5, 0.6) is 0 Å². The summed E-state index contributed by atoms with van der Waals surface area (Å²) in [5.41, 5.74) is 3.66. The Balaban J connectivity index is 1.57. The molecule has 4 aromatic rings. The number of allylic oxidation sites excluding steroid dienone is 2. The van der Waals surface area contributed by atoms with Gasteiger partial charge in [0.15, 0.2) is 0 Å². The standard InChI is InChI=1S/C40H31N5O4S2/c1-2-3-4-5-18-45(33-10-6-27(7-11-33)19-29(23-41)37-16-14-35(50-37)21-31(25-43)39(46)47)34-12-8-28(9-13-34)20-30(24-42)38-17-15-36(51-38)22-32(26-44)40(48)49/h6-17,19-22H,2-5,18H2,1H3,(H,46,47)(H,48,49)/b29-19+,30-20+,31-21+,32-22+. The molecule has 0 spiro atoms. The van der Waals surface area contributed by atoms with Crippen molar-refractivity contribution in [3.8, 4) is 24.3 Å². The highest BCUT2D eigenvalue weighted by atomic mass is 32.1. The molecule has 0 fully saturated rings. The number of carbonyl (C=O) groups is 2. The van der Waals surface area contributed by atoms with Crippen molar-refractivity contribution in [2.75, 3.05) is 11.4 Å². The molecule has 11 heteroatoms. The van der Waals surface area contributed by atoms with Gasteiger partial charge in [0.25, 0.3) is 0 Å². The Morgan fingerprint density at radius 3 is 1.39 bits per heavy atom. The minimum atomic E-state index is -1.31. The molecule has 9 nitrogen and oxygen atoms in total. The zero-order valence-electron chi connectivity index (χ0n) is 27.5. The van der Waals surface area contributed by atoms with Crippen molar-refractivity contribution in [3.63, 3.8) is 0 Å². The summed E-state index contributed by atoms with van der Waals surface area (Å²) < 4.78 is 0. The van der Waals surface area contributed by atoms with E-state index in [9.17, 15) is 20.1 Å². The van der Waals surface area contributed by atoms with Gasteiger partial charge in [-0.15, -0.1) is 22.7 Å². The molecule has 2 heterocycles. The number of rotatable bonds is 15. The van der Waals surface area contributed by atoms with Gasteiger partial charge < -0.3 is 15.1 Å². The third-order valence-corrected chi connectivity index (χ3v) is 9.70. The quantitative estimate of drug-likeness (QED) is 0.0692. The van der Waals surface area contributed by atoms with Gasteiger partial charge in [-0.2, -0.15) is 21.0 Å². The lowest BCUT2D eigenvalue weighted by atomic mass is 10.1. The first-order valence-corrected chi connectivity index (χ1v) is 17.4. The smallest absolute Gasteiger partial charge is 0.346 e. The van der Waals surface area contributed by atoms with Crippen LogP contribution in [0.25, 0.3) is 35.5 Å². The number of aliphatic carboxylic acids is 2. The summed E-state index contributed by atoms with van der Waals surface area (Å²) in [5, 5.41) is 56.2. The SMILES string of the molecule is CCCCCCN(c1ccc(/C=C(\C#N)c2ccc(/C=C(\C#N)C(=O)O)s2)cc1)c1ccc(/C=C(\C#N)c2ccc(/C=C(\C#N)C(=O)O)s2)cc1. The summed E-state index contributed by atoms with van der Waals surface area (Å²) in [6, 6.07) is 30.4. The minimum absolute atomic E-state index is 0.378. The van der Waals surface area contributed by atoms with E-state index in [0.717, 1.165) is 54.7 Å². The number of benzene rings is 2. The van der Waals surface area contributed by atoms with Crippen LogP contribution in [-0.2, 0) is 9.59 Å². The second-order valence-electron chi connectivity index (χ2n) is 11.1. The van der Waals surface area contributed by atoms with Gasteiger partial charge in [-0.3, -0.25) is 0 Å². The number of hydrogen-bond donors (Lipinski definition) is 2. The molecule has 0 bridgehead atoms. The van der Waals surface area contributed by atoms with E-state index in [1.807, 2.05) is 48.5 Å². The minimum Gasteiger partial charge on any atom is -0.477 e. The fraction of sp³-hybridized carbons (Fsp3) is 0.150. The number of unbranched alkanes of at least 4 members (excludes halogenated alkanes) is 3. The summed E-state index contributed by atoms with van der Waals surface area (Å²) >= 11 is 2.46. The van der Waals surface area contributed by atoms with Crippen LogP contribution in [0.3, 0.4) is 0 Å². The van der Waals surface area contributed by atoms with E-state index in [-0.39, 0.29) is 11.1 Å². The van der Waals surface area contributed by atoms with Gasteiger partial charge in [-0.25, -0.2) is 9.59 Å². The fourth-order valence-corrected chi connectivity index (χ4v) is 6.81. The van der Waals surface area contributed by atoms with Crippen LogP contribution in [0.2, 0.25) is 0 Å². The molecule has 0 saturated carbocycles. The number of nitrogens with zero attached hydrogens (tertiary/aromatic N) is 5. The van der Waals surface area contributed by atoms with Crippen molar-refractivity contribution < 1.29 is 19.8 Å². The summed E-state index contributed by atoms with van der Waals surface area (Å²) in [4.78, 5) is 27.1. The highest BCUT2D eigenvalue weighted by Gasteiger charge is 2.13. The highest BCUT2D eigenvalue weighted by molar-refractivity contribution is 7.14. The van der Waals surface area contributed by atoms with E-state index in [2.05, 4.69) is 24.0 Å². The number of anilines is 2. The maximum Gasteiger partial charge on any atom is 0.346 e.